The highest BCUT2D eigenvalue weighted by Crippen LogP contribution is 2.46. The van der Waals surface area contributed by atoms with Gasteiger partial charge in [-0.2, -0.15) is 0 Å². The second-order valence-corrected chi connectivity index (χ2v) is 10.6. The van der Waals surface area contributed by atoms with E-state index in [0.717, 1.165) is 12.0 Å². The number of hydrogen-bond acceptors (Lipinski definition) is 2. The number of esters is 1. The predicted octanol–water partition coefficient (Wildman–Crippen LogP) is 8.12. The first kappa shape index (κ1) is 24.3. The first-order valence-corrected chi connectivity index (χ1v) is 12.2. The lowest BCUT2D eigenvalue weighted by Crippen LogP contribution is -2.34. The van der Waals surface area contributed by atoms with E-state index >= 15 is 0 Å². The van der Waals surface area contributed by atoms with E-state index in [2.05, 4.69) is 58.9 Å². The monoisotopic (exact) mass is 432 g/mol. The van der Waals surface area contributed by atoms with Crippen LogP contribution in [0.5, 0.6) is 0 Å². The summed E-state index contributed by atoms with van der Waals surface area (Å²) >= 11 is 0. The van der Waals surface area contributed by atoms with Crippen LogP contribution in [-0.2, 0) is 22.0 Å². The quantitative estimate of drug-likeness (QED) is 0.239. The summed E-state index contributed by atoms with van der Waals surface area (Å²) in [5, 5.41) is 0. The molecule has 0 spiro atoms. The summed E-state index contributed by atoms with van der Waals surface area (Å²) in [5.41, 5.74) is 7.96. The van der Waals surface area contributed by atoms with Crippen molar-refractivity contribution in [1.82, 2.24) is 0 Å². The molecule has 2 aromatic carbocycles. The van der Waals surface area contributed by atoms with Crippen LogP contribution >= 0.6 is 0 Å². The number of hydrogen-bond donors (Lipinski definition) is 0. The first-order chi connectivity index (χ1) is 15.2. The molecule has 0 aliphatic heterocycles. The van der Waals surface area contributed by atoms with E-state index < -0.39 is 0 Å². The molecule has 0 bridgehead atoms. The molecule has 0 amide bonds. The molecule has 0 atom stereocenters. The van der Waals surface area contributed by atoms with Crippen molar-refractivity contribution in [3.8, 4) is 0 Å². The van der Waals surface area contributed by atoms with Crippen LogP contribution < -0.4 is 0 Å². The molecule has 0 saturated carbocycles. The molecule has 0 radical (unpaired) electrons. The van der Waals surface area contributed by atoms with Gasteiger partial charge in [0, 0.05) is 0 Å². The minimum absolute atomic E-state index is 0.205. The predicted molar refractivity (Wildman–Crippen MR) is 136 cm³/mol. The topological polar surface area (TPSA) is 26.3 Å². The Hall–Kier alpha value is -2.35. The van der Waals surface area contributed by atoms with Gasteiger partial charge < -0.3 is 4.74 Å². The molecule has 2 aromatic rings. The fraction of sp³-hybridized carbons (Fsp3) is 0.500. The Morgan fingerprint density at radius 3 is 2.12 bits per heavy atom. The minimum atomic E-state index is -0.297. The summed E-state index contributed by atoms with van der Waals surface area (Å²) < 4.78 is 4.81. The molecule has 0 aromatic heterocycles. The standard InChI is InChI=1S/C30H40O2/c1-7-8-9-10-11-24-20-26-27(30(4,5)19-18-29(26,2)3)21-25(24)17-14-22-12-15-23(16-13-22)28(31)32-6/h12-17,20-21H,7-11,18-19H2,1-6H3. The molecule has 0 saturated heterocycles. The SMILES string of the molecule is CCCCCCc1cc2c(cc1C=Cc1ccc(C(=O)OC)cc1)C(C)(C)CCC2(C)C. The van der Waals surface area contributed by atoms with Crippen molar-refractivity contribution < 1.29 is 9.53 Å². The Labute approximate surface area is 195 Å². The third-order valence-corrected chi connectivity index (χ3v) is 7.20. The maximum atomic E-state index is 11.7. The zero-order valence-corrected chi connectivity index (χ0v) is 20.9. The third-order valence-electron chi connectivity index (χ3n) is 7.20. The summed E-state index contributed by atoms with van der Waals surface area (Å²) in [6.45, 7) is 11.9. The van der Waals surface area contributed by atoms with Gasteiger partial charge in [-0.05, 0) is 76.5 Å². The van der Waals surface area contributed by atoms with Gasteiger partial charge >= 0.3 is 5.97 Å². The van der Waals surface area contributed by atoms with Crippen molar-refractivity contribution in [1.29, 1.82) is 0 Å². The molecule has 0 heterocycles. The van der Waals surface area contributed by atoms with Crippen molar-refractivity contribution in [3.63, 3.8) is 0 Å². The molecule has 2 heteroatoms. The molecule has 2 nitrogen and oxygen atoms in total. The summed E-state index contributed by atoms with van der Waals surface area (Å²) in [6.07, 6.45) is 13.1. The van der Waals surface area contributed by atoms with E-state index in [4.69, 9.17) is 4.74 Å². The fourth-order valence-electron chi connectivity index (χ4n) is 4.82. The van der Waals surface area contributed by atoms with Crippen LogP contribution in [0, 0.1) is 0 Å². The van der Waals surface area contributed by atoms with Gasteiger partial charge in [0.1, 0.15) is 0 Å². The number of benzene rings is 2. The van der Waals surface area contributed by atoms with E-state index in [1.165, 1.54) is 62.3 Å². The van der Waals surface area contributed by atoms with Gasteiger partial charge in [-0.25, -0.2) is 4.79 Å². The van der Waals surface area contributed by atoms with Crippen molar-refractivity contribution in [2.45, 2.75) is 90.4 Å². The third kappa shape index (κ3) is 5.52. The molecule has 0 N–H and O–H groups in total. The maximum Gasteiger partial charge on any atom is 0.337 e. The summed E-state index contributed by atoms with van der Waals surface area (Å²) in [6, 6.07) is 12.6. The van der Waals surface area contributed by atoms with Crippen LogP contribution in [-0.4, -0.2) is 13.1 Å². The largest absolute Gasteiger partial charge is 0.465 e. The van der Waals surface area contributed by atoms with Gasteiger partial charge in [-0.3, -0.25) is 0 Å². The number of carbonyl (C=O) groups excluding carboxylic acids is 1. The lowest BCUT2D eigenvalue weighted by molar-refractivity contribution is 0.0600. The minimum Gasteiger partial charge on any atom is -0.465 e. The van der Waals surface area contributed by atoms with Crippen LogP contribution in [0.2, 0.25) is 0 Å². The van der Waals surface area contributed by atoms with Crippen LogP contribution in [0.3, 0.4) is 0 Å². The second-order valence-electron chi connectivity index (χ2n) is 10.6. The fourth-order valence-corrected chi connectivity index (χ4v) is 4.82. The first-order valence-electron chi connectivity index (χ1n) is 12.2. The lowest BCUT2D eigenvalue weighted by Gasteiger charge is -2.42. The lowest BCUT2D eigenvalue weighted by atomic mass is 9.62. The van der Waals surface area contributed by atoms with E-state index in [1.807, 2.05) is 24.3 Å². The molecule has 172 valence electrons. The summed E-state index contributed by atoms with van der Waals surface area (Å²) in [7, 11) is 1.41. The Morgan fingerprint density at radius 2 is 1.53 bits per heavy atom. The van der Waals surface area contributed by atoms with Crippen molar-refractivity contribution >= 4 is 18.1 Å². The zero-order valence-electron chi connectivity index (χ0n) is 20.9. The van der Waals surface area contributed by atoms with E-state index in [1.54, 1.807) is 5.56 Å². The van der Waals surface area contributed by atoms with E-state index in [9.17, 15) is 4.79 Å². The van der Waals surface area contributed by atoms with Crippen molar-refractivity contribution in [3.05, 3.63) is 69.8 Å². The van der Waals surface area contributed by atoms with Gasteiger partial charge in [0.05, 0.1) is 12.7 Å². The van der Waals surface area contributed by atoms with Crippen LogP contribution in [0.25, 0.3) is 12.2 Å². The van der Waals surface area contributed by atoms with Crippen molar-refractivity contribution in [2.75, 3.05) is 7.11 Å². The summed E-state index contributed by atoms with van der Waals surface area (Å²) in [5.74, 6) is -0.297. The number of aryl methyl sites for hydroxylation is 1. The molecular formula is C30H40O2. The second kappa shape index (κ2) is 10.1. The normalized spacial score (nSPS) is 16.7. The molecular weight excluding hydrogens is 392 g/mol. The number of unbranched alkanes of at least 4 members (excludes halogenated alkanes) is 3. The van der Waals surface area contributed by atoms with E-state index in [-0.39, 0.29) is 16.8 Å². The van der Waals surface area contributed by atoms with Crippen LogP contribution in [0.15, 0.2) is 36.4 Å². The van der Waals surface area contributed by atoms with Gasteiger partial charge in [0.15, 0.2) is 0 Å². The number of methoxy groups -OCH3 is 1. The van der Waals surface area contributed by atoms with Gasteiger partial charge in [-0.15, -0.1) is 0 Å². The zero-order chi connectivity index (χ0) is 23.4. The number of carbonyl (C=O) groups is 1. The summed E-state index contributed by atoms with van der Waals surface area (Å²) in [4.78, 5) is 11.7. The number of rotatable bonds is 8. The Bertz CT molecular complexity index is 961. The molecule has 1 aliphatic carbocycles. The number of fused-ring (bicyclic) bond motifs is 1. The van der Waals surface area contributed by atoms with E-state index in [0.29, 0.717) is 5.56 Å². The van der Waals surface area contributed by atoms with Crippen LogP contribution in [0.4, 0.5) is 0 Å². The van der Waals surface area contributed by atoms with Gasteiger partial charge in [0.25, 0.3) is 0 Å². The maximum absolute atomic E-state index is 11.7. The highest BCUT2D eigenvalue weighted by molar-refractivity contribution is 5.89. The molecule has 0 fully saturated rings. The smallest absolute Gasteiger partial charge is 0.337 e. The molecule has 32 heavy (non-hydrogen) atoms. The molecule has 3 rings (SSSR count). The molecule has 0 unspecified atom stereocenters. The highest BCUT2D eigenvalue weighted by Gasteiger charge is 2.37. The van der Waals surface area contributed by atoms with Crippen LogP contribution in [0.1, 0.15) is 111 Å². The van der Waals surface area contributed by atoms with Crippen molar-refractivity contribution in [2.24, 2.45) is 0 Å². The average molecular weight is 433 g/mol. The Balaban J connectivity index is 1.97. The highest BCUT2D eigenvalue weighted by atomic mass is 16.5. The Morgan fingerprint density at radius 1 is 0.906 bits per heavy atom. The Kier molecular flexibility index (Phi) is 7.64. The van der Waals surface area contributed by atoms with Gasteiger partial charge in [0.2, 0.25) is 0 Å². The molecule has 1 aliphatic rings. The average Bonchev–Trinajstić information content (AvgIpc) is 2.78. The number of ether oxygens (including phenoxy) is 1. The van der Waals surface area contributed by atoms with Gasteiger partial charge in [-0.1, -0.05) is 90.3 Å².